The Kier molecular flexibility index (Phi) is 3.53. The van der Waals surface area contributed by atoms with Gasteiger partial charge in [-0.1, -0.05) is 12.1 Å². The zero-order valence-electron chi connectivity index (χ0n) is 11.2. The van der Waals surface area contributed by atoms with Crippen molar-refractivity contribution in [3.05, 3.63) is 29.3 Å². The Bertz CT molecular complexity index is 480. The molecule has 19 heavy (non-hydrogen) atoms. The van der Waals surface area contributed by atoms with Crippen molar-refractivity contribution in [3.63, 3.8) is 0 Å². The fraction of sp³-hybridized carbons (Fsp3) is 0.533. The first-order valence-electron chi connectivity index (χ1n) is 7.13. The molecular weight excluding hydrogens is 238 g/mol. The standard InChI is InChI=1S/C15H21N3O/c16-6-5-11-3-4-14-12(8-11)9-15(19)18(14)10-13-2-1-7-17-13/h3-4,8,13,17H,1-2,5-7,9-10,16H2. The number of nitrogens with zero attached hydrogens (tertiary/aromatic N) is 1. The summed E-state index contributed by atoms with van der Waals surface area (Å²) in [6.45, 7) is 2.54. The quantitative estimate of drug-likeness (QED) is 0.842. The molecule has 102 valence electrons. The molecule has 0 aromatic heterocycles. The van der Waals surface area contributed by atoms with Gasteiger partial charge in [0.15, 0.2) is 0 Å². The van der Waals surface area contributed by atoms with Crippen LogP contribution in [0.1, 0.15) is 24.0 Å². The molecule has 0 spiro atoms. The van der Waals surface area contributed by atoms with E-state index in [2.05, 4.69) is 23.5 Å². The largest absolute Gasteiger partial charge is 0.330 e. The minimum atomic E-state index is 0.230. The normalized spacial score (nSPS) is 22.1. The van der Waals surface area contributed by atoms with Crippen LogP contribution >= 0.6 is 0 Å². The van der Waals surface area contributed by atoms with E-state index in [-0.39, 0.29) is 5.91 Å². The van der Waals surface area contributed by atoms with E-state index in [9.17, 15) is 4.79 Å². The van der Waals surface area contributed by atoms with Crippen LogP contribution in [-0.4, -0.2) is 31.6 Å². The summed E-state index contributed by atoms with van der Waals surface area (Å²) in [5.74, 6) is 0.230. The minimum absolute atomic E-state index is 0.230. The Labute approximate surface area is 114 Å². The van der Waals surface area contributed by atoms with Crippen molar-refractivity contribution in [1.82, 2.24) is 5.32 Å². The number of fused-ring (bicyclic) bond motifs is 1. The summed E-state index contributed by atoms with van der Waals surface area (Å²) in [6, 6.07) is 6.78. The van der Waals surface area contributed by atoms with Crippen LogP contribution in [-0.2, 0) is 17.6 Å². The van der Waals surface area contributed by atoms with Gasteiger partial charge in [-0.2, -0.15) is 0 Å². The third kappa shape index (κ3) is 2.51. The molecule has 0 aliphatic carbocycles. The van der Waals surface area contributed by atoms with E-state index in [1.807, 2.05) is 4.90 Å². The first-order chi connectivity index (χ1) is 9.28. The van der Waals surface area contributed by atoms with E-state index in [4.69, 9.17) is 5.73 Å². The summed E-state index contributed by atoms with van der Waals surface area (Å²) in [4.78, 5) is 14.1. The Hall–Kier alpha value is -1.39. The van der Waals surface area contributed by atoms with Crippen molar-refractivity contribution in [2.75, 3.05) is 24.5 Å². The smallest absolute Gasteiger partial charge is 0.231 e. The molecular formula is C15H21N3O. The molecule has 1 fully saturated rings. The molecule has 1 unspecified atom stereocenters. The van der Waals surface area contributed by atoms with Crippen molar-refractivity contribution in [1.29, 1.82) is 0 Å². The summed E-state index contributed by atoms with van der Waals surface area (Å²) in [7, 11) is 0. The molecule has 1 amide bonds. The second kappa shape index (κ2) is 5.31. The van der Waals surface area contributed by atoms with E-state index in [1.165, 1.54) is 18.4 Å². The molecule has 1 atom stereocenters. The first kappa shape index (κ1) is 12.6. The highest BCUT2D eigenvalue weighted by atomic mass is 16.2. The monoisotopic (exact) mass is 259 g/mol. The van der Waals surface area contributed by atoms with Gasteiger partial charge in [0.25, 0.3) is 0 Å². The van der Waals surface area contributed by atoms with Crippen LogP contribution in [0.15, 0.2) is 18.2 Å². The molecule has 2 aliphatic rings. The van der Waals surface area contributed by atoms with Crippen LogP contribution in [0.3, 0.4) is 0 Å². The van der Waals surface area contributed by atoms with Crippen LogP contribution in [0.5, 0.6) is 0 Å². The van der Waals surface area contributed by atoms with Gasteiger partial charge in [-0.3, -0.25) is 4.79 Å². The zero-order chi connectivity index (χ0) is 13.2. The van der Waals surface area contributed by atoms with Crippen LogP contribution in [0.2, 0.25) is 0 Å². The SMILES string of the molecule is NCCc1ccc2c(c1)CC(=O)N2CC1CCCN1. The Balaban J connectivity index is 1.79. The number of nitrogens with two attached hydrogens (primary N) is 1. The van der Waals surface area contributed by atoms with E-state index in [0.29, 0.717) is 19.0 Å². The van der Waals surface area contributed by atoms with Crippen molar-refractivity contribution >= 4 is 11.6 Å². The lowest BCUT2D eigenvalue weighted by atomic mass is 10.1. The predicted octanol–water partition coefficient (Wildman–Crippen LogP) is 0.829. The van der Waals surface area contributed by atoms with E-state index >= 15 is 0 Å². The van der Waals surface area contributed by atoms with Crippen LogP contribution in [0.25, 0.3) is 0 Å². The zero-order valence-corrected chi connectivity index (χ0v) is 11.2. The maximum absolute atomic E-state index is 12.2. The third-order valence-corrected chi connectivity index (χ3v) is 4.08. The predicted molar refractivity (Wildman–Crippen MR) is 76.3 cm³/mol. The number of carbonyl (C=O) groups excluding carboxylic acids is 1. The van der Waals surface area contributed by atoms with E-state index in [0.717, 1.165) is 30.8 Å². The number of anilines is 1. The molecule has 4 heteroatoms. The Morgan fingerprint density at radius 2 is 2.32 bits per heavy atom. The minimum Gasteiger partial charge on any atom is -0.330 e. The number of nitrogens with one attached hydrogen (secondary N) is 1. The molecule has 2 heterocycles. The van der Waals surface area contributed by atoms with Crippen molar-refractivity contribution in [2.45, 2.75) is 31.7 Å². The maximum atomic E-state index is 12.2. The van der Waals surface area contributed by atoms with Gasteiger partial charge in [-0.05, 0) is 49.5 Å². The first-order valence-corrected chi connectivity index (χ1v) is 7.13. The van der Waals surface area contributed by atoms with Gasteiger partial charge in [0.1, 0.15) is 0 Å². The summed E-state index contributed by atoms with van der Waals surface area (Å²) in [5.41, 5.74) is 9.07. The molecule has 3 rings (SSSR count). The summed E-state index contributed by atoms with van der Waals surface area (Å²) >= 11 is 0. The molecule has 3 N–H and O–H groups in total. The molecule has 2 aliphatic heterocycles. The summed E-state index contributed by atoms with van der Waals surface area (Å²) in [6.07, 6.45) is 3.81. The maximum Gasteiger partial charge on any atom is 0.231 e. The highest BCUT2D eigenvalue weighted by Crippen LogP contribution is 2.30. The lowest BCUT2D eigenvalue weighted by Gasteiger charge is -2.22. The lowest BCUT2D eigenvalue weighted by Crippen LogP contribution is -2.39. The number of hydrogen-bond donors (Lipinski definition) is 2. The molecule has 1 saturated heterocycles. The fourth-order valence-electron chi connectivity index (χ4n) is 3.09. The number of amides is 1. The number of carbonyl (C=O) groups is 1. The van der Waals surface area contributed by atoms with Gasteiger partial charge in [0, 0.05) is 18.3 Å². The van der Waals surface area contributed by atoms with Gasteiger partial charge in [0.2, 0.25) is 5.91 Å². The van der Waals surface area contributed by atoms with Gasteiger partial charge in [0.05, 0.1) is 6.42 Å². The molecule has 1 aromatic carbocycles. The topological polar surface area (TPSA) is 58.4 Å². The number of rotatable bonds is 4. The van der Waals surface area contributed by atoms with Gasteiger partial charge in [-0.25, -0.2) is 0 Å². The molecule has 4 nitrogen and oxygen atoms in total. The van der Waals surface area contributed by atoms with Crippen LogP contribution in [0, 0.1) is 0 Å². The van der Waals surface area contributed by atoms with Gasteiger partial charge < -0.3 is 16.0 Å². The number of benzene rings is 1. The van der Waals surface area contributed by atoms with Gasteiger partial charge >= 0.3 is 0 Å². The summed E-state index contributed by atoms with van der Waals surface area (Å²) in [5, 5.41) is 3.46. The summed E-state index contributed by atoms with van der Waals surface area (Å²) < 4.78 is 0. The number of hydrogen-bond acceptors (Lipinski definition) is 3. The molecule has 0 saturated carbocycles. The fourth-order valence-corrected chi connectivity index (χ4v) is 3.09. The Morgan fingerprint density at radius 3 is 3.05 bits per heavy atom. The van der Waals surface area contributed by atoms with Gasteiger partial charge in [-0.15, -0.1) is 0 Å². The van der Waals surface area contributed by atoms with Crippen molar-refractivity contribution in [2.24, 2.45) is 5.73 Å². The highest BCUT2D eigenvalue weighted by Gasteiger charge is 2.30. The Morgan fingerprint density at radius 1 is 1.42 bits per heavy atom. The third-order valence-electron chi connectivity index (χ3n) is 4.08. The second-order valence-electron chi connectivity index (χ2n) is 5.48. The van der Waals surface area contributed by atoms with Crippen LogP contribution < -0.4 is 16.0 Å². The van der Waals surface area contributed by atoms with Crippen molar-refractivity contribution < 1.29 is 4.79 Å². The second-order valence-corrected chi connectivity index (χ2v) is 5.48. The van der Waals surface area contributed by atoms with Crippen molar-refractivity contribution in [3.8, 4) is 0 Å². The average molecular weight is 259 g/mol. The van der Waals surface area contributed by atoms with E-state index in [1.54, 1.807) is 0 Å². The van der Waals surface area contributed by atoms with Crippen LogP contribution in [0.4, 0.5) is 5.69 Å². The average Bonchev–Trinajstić information content (AvgIpc) is 2.99. The highest BCUT2D eigenvalue weighted by molar-refractivity contribution is 6.01. The molecule has 0 bridgehead atoms. The lowest BCUT2D eigenvalue weighted by molar-refractivity contribution is -0.117. The molecule has 1 aromatic rings. The molecule has 0 radical (unpaired) electrons. The van der Waals surface area contributed by atoms with E-state index < -0.39 is 0 Å².